The zero-order chi connectivity index (χ0) is 26.4. The maximum Gasteiger partial charge on any atom is 0.282 e. The quantitative estimate of drug-likeness (QED) is 0.401. The largest absolute Gasteiger partial charge is 0.342 e. The molecule has 1 aromatic carbocycles. The summed E-state index contributed by atoms with van der Waals surface area (Å²) in [6.45, 7) is 2.10. The van der Waals surface area contributed by atoms with Crippen molar-refractivity contribution in [3.05, 3.63) is 65.5 Å². The lowest BCUT2D eigenvalue weighted by molar-refractivity contribution is -0.113. The molecule has 0 atom stereocenters. The molecule has 0 unspecified atom stereocenters. The van der Waals surface area contributed by atoms with Gasteiger partial charge in [0.15, 0.2) is 0 Å². The molecular weight excluding hydrogens is 492 g/mol. The second kappa shape index (κ2) is 9.19. The number of alkyl halides is 2. The molecule has 1 fully saturated rings. The molecule has 1 saturated heterocycles. The number of aromatic nitrogens is 6. The van der Waals surface area contributed by atoms with Crippen molar-refractivity contribution in [3.63, 3.8) is 0 Å². The number of fused-ring (bicyclic) bond motifs is 1. The molecule has 1 amide bonds. The standard InChI is InChI=1S/C26H27F2N9O/c1-3-22-32-24(31-19-6-4-16(5-7-19)18-11-29-30-12-18)34-25(33-22)36-9-8-17-10-20(35(2)21(17)13-36)23(38)37-14-26(27,28)15-37/h4-7,10-12H,3,8-9,13-15H2,1-2H3,(H,29,30)(H,31,32,33,34). The Morgan fingerprint density at radius 2 is 1.92 bits per heavy atom. The Hall–Kier alpha value is -4.35. The molecule has 0 bridgehead atoms. The first-order chi connectivity index (χ1) is 18.3. The molecule has 2 aliphatic rings. The zero-order valence-electron chi connectivity index (χ0n) is 21.1. The molecule has 4 aromatic rings. The number of anilines is 3. The van der Waals surface area contributed by atoms with Gasteiger partial charge in [-0.2, -0.15) is 20.1 Å². The molecule has 10 nitrogen and oxygen atoms in total. The summed E-state index contributed by atoms with van der Waals surface area (Å²) in [5, 5.41) is 10.1. The molecule has 0 spiro atoms. The van der Waals surface area contributed by atoms with Crippen molar-refractivity contribution in [2.75, 3.05) is 29.9 Å². The van der Waals surface area contributed by atoms with Crippen LogP contribution in [0.1, 0.15) is 34.5 Å². The van der Waals surface area contributed by atoms with Gasteiger partial charge in [0, 0.05) is 43.2 Å². The molecule has 2 N–H and O–H groups in total. The Kier molecular flexibility index (Phi) is 5.81. The zero-order valence-corrected chi connectivity index (χ0v) is 21.1. The van der Waals surface area contributed by atoms with Gasteiger partial charge in [-0.1, -0.05) is 19.1 Å². The van der Waals surface area contributed by atoms with Crippen LogP contribution < -0.4 is 10.2 Å². The van der Waals surface area contributed by atoms with E-state index in [1.807, 2.05) is 48.0 Å². The minimum atomic E-state index is -2.79. The summed E-state index contributed by atoms with van der Waals surface area (Å²) >= 11 is 0. The van der Waals surface area contributed by atoms with Gasteiger partial charge in [-0.3, -0.25) is 9.89 Å². The van der Waals surface area contributed by atoms with Gasteiger partial charge in [0.2, 0.25) is 11.9 Å². The summed E-state index contributed by atoms with van der Waals surface area (Å²) < 4.78 is 28.4. The van der Waals surface area contributed by atoms with E-state index in [0.717, 1.165) is 28.1 Å². The normalized spacial score (nSPS) is 16.2. The molecule has 5 heterocycles. The lowest BCUT2D eigenvalue weighted by Gasteiger charge is -2.38. The third-order valence-corrected chi connectivity index (χ3v) is 7.03. The van der Waals surface area contributed by atoms with Crippen LogP contribution >= 0.6 is 0 Å². The number of carbonyl (C=O) groups excluding carboxylic acids is 1. The van der Waals surface area contributed by atoms with E-state index in [1.165, 1.54) is 4.90 Å². The number of rotatable bonds is 6. The number of aromatic amines is 1. The first-order valence-electron chi connectivity index (χ1n) is 12.5. The number of hydrogen-bond donors (Lipinski definition) is 2. The Morgan fingerprint density at radius 3 is 2.61 bits per heavy atom. The van der Waals surface area contributed by atoms with E-state index >= 15 is 0 Å². The third kappa shape index (κ3) is 4.46. The van der Waals surface area contributed by atoms with E-state index in [-0.39, 0.29) is 5.91 Å². The highest BCUT2D eigenvalue weighted by Crippen LogP contribution is 2.31. The number of amides is 1. The lowest BCUT2D eigenvalue weighted by atomic mass is 10.1. The predicted molar refractivity (Wildman–Crippen MR) is 138 cm³/mol. The molecule has 12 heteroatoms. The van der Waals surface area contributed by atoms with Gasteiger partial charge in [-0.05, 0) is 35.7 Å². The highest BCUT2D eigenvalue weighted by Gasteiger charge is 2.47. The number of likely N-dealkylation sites (tertiary alicyclic amines) is 1. The first kappa shape index (κ1) is 24.0. The second-order valence-corrected chi connectivity index (χ2v) is 9.67. The smallest absolute Gasteiger partial charge is 0.282 e. The number of nitrogens with zero attached hydrogens (tertiary/aromatic N) is 7. The molecular formula is C26H27F2N9O. The van der Waals surface area contributed by atoms with Crippen LogP contribution in [0.2, 0.25) is 0 Å². The highest BCUT2D eigenvalue weighted by molar-refractivity contribution is 5.94. The number of halogens is 2. The van der Waals surface area contributed by atoms with Gasteiger partial charge in [-0.25, -0.2) is 8.78 Å². The van der Waals surface area contributed by atoms with Crippen LogP contribution in [0.25, 0.3) is 11.1 Å². The maximum atomic E-state index is 13.3. The fourth-order valence-corrected chi connectivity index (χ4v) is 4.89. The van der Waals surface area contributed by atoms with Gasteiger partial charge in [0.05, 0.1) is 25.8 Å². The number of nitrogens with one attached hydrogen (secondary N) is 2. The van der Waals surface area contributed by atoms with Crippen LogP contribution in [0.5, 0.6) is 0 Å². The SMILES string of the molecule is CCc1nc(Nc2ccc(-c3cn[nH]c3)cc2)nc(N2CCc3cc(C(=O)N4CC(F)(F)C4)n(C)c3C2)n1. The van der Waals surface area contributed by atoms with Crippen LogP contribution in [0.4, 0.5) is 26.4 Å². The molecule has 196 valence electrons. The highest BCUT2D eigenvalue weighted by atomic mass is 19.3. The molecule has 3 aromatic heterocycles. The number of H-pyrrole nitrogens is 1. The number of benzene rings is 1. The van der Waals surface area contributed by atoms with E-state index in [4.69, 9.17) is 4.98 Å². The van der Waals surface area contributed by atoms with Crippen molar-refractivity contribution in [1.29, 1.82) is 0 Å². The van der Waals surface area contributed by atoms with Crippen LogP contribution in [0.15, 0.2) is 42.7 Å². The molecule has 0 radical (unpaired) electrons. The van der Waals surface area contributed by atoms with Crippen LogP contribution in [0, 0.1) is 0 Å². The first-order valence-corrected chi connectivity index (χ1v) is 12.5. The topological polar surface area (TPSA) is 108 Å². The second-order valence-electron chi connectivity index (χ2n) is 9.67. The van der Waals surface area contributed by atoms with Gasteiger partial charge < -0.3 is 19.7 Å². The van der Waals surface area contributed by atoms with Crippen molar-refractivity contribution < 1.29 is 13.6 Å². The summed E-state index contributed by atoms with van der Waals surface area (Å²) in [4.78, 5) is 30.0. The van der Waals surface area contributed by atoms with Gasteiger partial charge >= 0.3 is 0 Å². The Morgan fingerprint density at radius 1 is 1.13 bits per heavy atom. The van der Waals surface area contributed by atoms with Crippen molar-refractivity contribution in [1.82, 2.24) is 34.6 Å². The number of carbonyl (C=O) groups is 1. The molecule has 6 rings (SSSR count). The molecule has 38 heavy (non-hydrogen) atoms. The molecule has 0 aliphatic carbocycles. The van der Waals surface area contributed by atoms with E-state index in [2.05, 4.69) is 30.4 Å². The monoisotopic (exact) mass is 519 g/mol. The average Bonchev–Trinajstić information content (AvgIpc) is 3.55. The number of hydrogen-bond acceptors (Lipinski definition) is 7. The average molecular weight is 520 g/mol. The summed E-state index contributed by atoms with van der Waals surface area (Å²) in [5.41, 5.74) is 5.32. The van der Waals surface area contributed by atoms with Gasteiger partial charge in [0.25, 0.3) is 11.8 Å². The van der Waals surface area contributed by atoms with Crippen molar-refractivity contribution >= 4 is 23.5 Å². The Bertz CT molecular complexity index is 1470. The minimum absolute atomic E-state index is 0.363. The summed E-state index contributed by atoms with van der Waals surface area (Å²) in [6, 6.07) is 9.74. The van der Waals surface area contributed by atoms with Crippen LogP contribution in [0.3, 0.4) is 0 Å². The van der Waals surface area contributed by atoms with E-state index in [9.17, 15) is 13.6 Å². The fourth-order valence-electron chi connectivity index (χ4n) is 4.89. The minimum Gasteiger partial charge on any atom is -0.342 e. The maximum absolute atomic E-state index is 13.3. The van der Waals surface area contributed by atoms with Crippen LogP contribution in [-0.2, 0) is 26.4 Å². The summed E-state index contributed by atoms with van der Waals surface area (Å²) in [5.74, 6) is -1.48. The van der Waals surface area contributed by atoms with Gasteiger partial charge in [-0.15, -0.1) is 0 Å². The molecule has 2 aliphatic heterocycles. The Balaban J connectivity index is 1.21. The van der Waals surface area contributed by atoms with Crippen LogP contribution in [-0.4, -0.2) is 66.1 Å². The lowest BCUT2D eigenvalue weighted by Crippen LogP contribution is -2.58. The molecule has 0 saturated carbocycles. The van der Waals surface area contributed by atoms with Gasteiger partial charge in [0.1, 0.15) is 11.5 Å². The van der Waals surface area contributed by atoms with Crippen molar-refractivity contribution in [2.45, 2.75) is 32.2 Å². The summed E-state index contributed by atoms with van der Waals surface area (Å²) in [7, 11) is 1.80. The number of aryl methyl sites for hydroxylation is 1. The van der Waals surface area contributed by atoms with E-state index in [0.29, 0.717) is 49.3 Å². The summed E-state index contributed by atoms with van der Waals surface area (Å²) in [6.07, 6.45) is 4.95. The van der Waals surface area contributed by atoms with Crippen molar-refractivity contribution in [2.24, 2.45) is 7.05 Å². The van der Waals surface area contributed by atoms with E-state index < -0.39 is 19.0 Å². The van der Waals surface area contributed by atoms with E-state index in [1.54, 1.807) is 13.2 Å². The van der Waals surface area contributed by atoms with Crippen molar-refractivity contribution in [3.8, 4) is 11.1 Å². The Labute approximate surface area is 217 Å². The fraction of sp³-hybridized carbons (Fsp3) is 0.346. The predicted octanol–water partition coefficient (Wildman–Crippen LogP) is 3.56. The third-order valence-electron chi connectivity index (χ3n) is 7.03.